The number of aromatic nitrogens is 1. The Labute approximate surface area is 214 Å². The van der Waals surface area contributed by atoms with Crippen LogP contribution in [0.25, 0.3) is 6.08 Å². The number of carbonyl (C=O) groups is 3. The third kappa shape index (κ3) is 5.47. The van der Waals surface area contributed by atoms with E-state index in [9.17, 15) is 14.4 Å². The van der Waals surface area contributed by atoms with E-state index in [1.54, 1.807) is 51.1 Å². The molecule has 8 nitrogen and oxygen atoms in total. The lowest BCUT2D eigenvalue weighted by atomic mass is 9.95. The Kier molecular flexibility index (Phi) is 6.93. The highest BCUT2D eigenvalue weighted by atomic mass is 32.1. The summed E-state index contributed by atoms with van der Waals surface area (Å²) < 4.78 is 5.80. The summed E-state index contributed by atoms with van der Waals surface area (Å²) in [6.07, 6.45) is 4.38. The molecule has 182 valence electrons. The maximum atomic E-state index is 13.4. The highest BCUT2D eigenvalue weighted by Crippen LogP contribution is 2.28. The summed E-state index contributed by atoms with van der Waals surface area (Å²) in [4.78, 5) is 43.9. The van der Waals surface area contributed by atoms with Crippen LogP contribution in [0, 0.1) is 5.41 Å². The Morgan fingerprint density at radius 1 is 1.03 bits per heavy atom. The van der Waals surface area contributed by atoms with Crippen molar-refractivity contribution < 1.29 is 19.1 Å². The van der Waals surface area contributed by atoms with E-state index in [1.165, 1.54) is 23.4 Å². The van der Waals surface area contributed by atoms with Crippen LogP contribution in [0.15, 0.2) is 78.6 Å². The van der Waals surface area contributed by atoms with Crippen LogP contribution in [0.4, 0.5) is 11.4 Å². The molecule has 2 aromatic carbocycles. The van der Waals surface area contributed by atoms with Crippen molar-refractivity contribution in [3.63, 3.8) is 0 Å². The molecule has 0 unspecified atom stereocenters. The summed E-state index contributed by atoms with van der Waals surface area (Å²) >= 11 is 5.29. The van der Waals surface area contributed by atoms with E-state index in [-0.39, 0.29) is 16.6 Å². The molecule has 36 heavy (non-hydrogen) atoms. The average molecular weight is 501 g/mol. The number of hydrogen-bond acceptors (Lipinski definition) is 6. The minimum absolute atomic E-state index is 0.0358. The molecule has 1 aliphatic heterocycles. The second kappa shape index (κ2) is 10.1. The molecule has 2 heterocycles. The van der Waals surface area contributed by atoms with Crippen molar-refractivity contribution in [1.82, 2.24) is 10.3 Å². The Bertz CT molecular complexity index is 1360. The van der Waals surface area contributed by atoms with Crippen molar-refractivity contribution in [3.8, 4) is 11.5 Å². The largest absolute Gasteiger partial charge is 0.457 e. The Balaban J connectivity index is 1.61. The molecule has 1 saturated heterocycles. The van der Waals surface area contributed by atoms with E-state index < -0.39 is 17.2 Å². The number of amides is 3. The third-order valence-corrected chi connectivity index (χ3v) is 5.54. The lowest BCUT2D eigenvalue weighted by Gasteiger charge is -2.29. The lowest BCUT2D eigenvalue weighted by Crippen LogP contribution is -2.54. The lowest BCUT2D eigenvalue weighted by molar-refractivity contribution is -0.123. The number of thiocarbonyl (C=S) groups is 1. The van der Waals surface area contributed by atoms with Gasteiger partial charge in [-0.3, -0.25) is 29.6 Å². The molecule has 2 N–H and O–H groups in total. The number of nitrogens with one attached hydrogen (secondary N) is 2. The number of benzene rings is 2. The van der Waals surface area contributed by atoms with Crippen LogP contribution in [0.5, 0.6) is 11.5 Å². The zero-order chi connectivity index (χ0) is 25.9. The zero-order valence-corrected chi connectivity index (χ0v) is 20.8. The Morgan fingerprint density at radius 3 is 2.36 bits per heavy atom. The van der Waals surface area contributed by atoms with Gasteiger partial charge in [-0.25, -0.2) is 0 Å². The van der Waals surface area contributed by atoms with Crippen LogP contribution in [-0.2, 0) is 14.4 Å². The van der Waals surface area contributed by atoms with Gasteiger partial charge in [-0.2, -0.15) is 0 Å². The molecule has 1 aliphatic rings. The van der Waals surface area contributed by atoms with Gasteiger partial charge in [0.05, 0.1) is 11.4 Å². The fraction of sp³-hybridized carbons (Fsp3) is 0.148. The first-order valence-corrected chi connectivity index (χ1v) is 11.5. The SMILES string of the molecule is CC(C)(C)C(=O)Nc1ccncc1/C=C1\C(=O)NC(=S)N(c2ccc(Oc3ccccc3)cc2)C1=O. The number of carbonyl (C=O) groups excluding carboxylic acids is 3. The van der Waals surface area contributed by atoms with Crippen LogP contribution in [0.1, 0.15) is 26.3 Å². The maximum absolute atomic E-state index is 13.4. The third-order valence-electron chi connectivity index (χ3n) is 5.26. The minimum Gasteiger partial charge on any atom is -0.457 e. The fourth-order valence-electron chi connectivity index (χ4n) is 3.28. The highest BCUT2D eigenvalue weighted by molar-refractivity contribution is 7.80. The predicted octanol–water partition coefficient (Wildman–Crippen LogP) is 4.69. The van der Waals surface area contributed by atoms with Gasteiger partial charge in [0.15, 0.2) is 5.11 Å². The molecule has 3 amide bonds. The molecule has 0 atom stereocenters. The number of rotatable bonds is 5. The van der Waals surface area contributed by atoms with Gasteiger partial charge in [0.2, 0.25) is 5.91 Å². The quantitative estimate of drug-likeness (QED) is 0.300. The van der Waals surface area contributed by atoms with Crippen molar-refractivity contribution >= 4 is 52.5 Å². The van der Waals surface area contributed by atoms with E-state index in [4.69, 9.17) is 17.0 Å². The molecular weight excluding hydrogens is 476 g/mol. The van der Waals surface area contributed by atoms with E-state index in [0.717, 1.165) is 0 Å². The molecule has 4 rings (SSSR count). The number of para-hydroxylation sites is 1. The number of ether oxygens (including phenoxy) is 1. The smallest absolute Gasteiger partial charge is 0.270 e. The van der Waals surface area contributed by atoms with Crippen LogP contribution in [0.2, 0.25) is 0 Å². The van der Waals surface area contributed by atoms with Crippen molar-refractivity contribution in [2.75, 3.05) is 10.2 Å². The summed E-state index contributed by atoms with van der Waals surface area (Å²) in [5, 5.41) is 5.35. The normalized spacial score (nSPS) is 15.0. The molecule has 1 aromatic heterocycles. The minimum atomic E-state index is -0.637. The van der Waals surface area contributed by atoms with Crippen LogP contribution in [-0.4, -0.2) is 27.8 Å². The standard InChI is InChI=1S/C27H24N4O4S/c1-27(2,3)25(34)29-22-13-14-28-16-17(22)15-21-23(32)30-26(36)31(24(21)33)18-9-11-20(12-10-18)35-19-7-5-4-6-8-19/h4-16H,1-3H3,(H,28,29,34)(H,30,32,36)/b21-15+. The summed E-state index contributed by atoms with van der Waals surface area (Å²) in [5.41, 5.74) is 0.523. The molecule has 0 spiro atoms. The second-order valence-electron chi connectivity index (χ2n) is 9.03. The van der Waals surface area contributed by atoms with Gasteiger partial charge in [0.25, 0.3) is 11.8 Å². The first-order chi connectivity index (χ1) is 17.1. The Morgan fingerprint density at radius 2 is 1.69 bits per heavy atom. The fourth-order valence-corrected chi connectivity index (χ4v) is 3.56. The van der Waals surface area contributed by atoms with Crippen molar-refractivity contribution in [2.45, 2.75) is 20.8 Å². The summed E-state index contributed by atoms with van der Waals surface area (Å²) in [6.45, 7) is 5.36. The molecule has 0 bridgehead atoms. The summed E-state index contributed by atoms with van der Waals surface area (Å²) in [7, 11) is 0. The van der Waals surface area contributed by atoms with E-state index in [2.05, 4.69) is 15.6 Å². The van der Waals surface area contributed by atoms with Gasteiger partial charge >= 0.3 is 0 Å². The van der Waals surface area contributed by atoms with Gasteiger partial charge < -0.3 is 10.1 Å². The molecule has 1 fully saturated rings. The van der Waals surface area contributed by atoms with E-state index >= 15 is 0 Å². The number of nitrogens with zero attached hydrogens (tertiary/aromatic N) is 2. The summed E-state index contributed by atoms with van der Waals surface area (Å²) in [6, 6.07) is 17.7. The van der Waals surface area contributed by atoms with Crippen LogP contribution < -0.4 is 20.3 Å². The first kappa shape index (κ1) is 24.7. The summed E-state index contributed by atoms with van der Waals surface area (Å²) in [5.74, 6) is -0.194. The van der Waals surface area contributed by atoms with E-state index in [0.29, 0.717) is 28.4 Å². The predicted molar refractivity (Wildman–Crippen MR) is 141 cm³/mol. The van der Waals surface area contributed by atoms with Gasteiger partial charge in [-0.05, 0) is 60.8 Å². The molecular formula is C27H24N4O4S. The topological polar surface area (TPSA) is 101 Å². The second-order valence-corrected chi connectivity index (χ2v) is 9.42. The van der Waals surface area contributed by atoms with Crippen LogP contribution in [0.3, 0.4) is 0 Å². The van der Waals surface area contributed by atoms with Crippen molar-refractivity contribution in [3.05, 3.63) is 84.2 Å². The van der Waals surface area contributed by atoms with Crippen molar-refractivity contribution in [1.29, 1.82) is 0 Å². The molecule has 0 saturated carbocycles. The van der Waals surface area contributed by atoms with Gasteiger partial charge in [-0.1, -0.05) is 39.0 Å². The number of hydrogen-bond donors (Lipinski definition) is 2. The first-order valence-electron chi connectivity index (χ1n) is 11.1. The highest BCUT2D eigenvalue weighted by Gasteiger charge is 2.34. The maximum Gasteiger partial charge on any atom is 0.270 e. The van der Waals surface area contributed by atoms with Gasteiger partial charge in [-0.15, -0.1) is 0 Å². The monoisotopic (exact) mass is 500 g/mol. The Hall–Kier alpha value is -4.37. The number of anilines is 2. The van der Waals surface area contributed by atoms with Crippen molar-refractivity contribution in [2.24, 2.45) is 5.41 Å². The van der Waals surface area contributed by atoms with Gasteiger partial charge in [0.1, 0.15) is 17.1 Å². The van der Waals surface area contributed by atoms with E-state index in [1.807, 2.05) is 30.3 Å². The van der Waals surface area contributed by atoms with Gasteiger partial charge in [0, 0.05) is 23.4 Å². The molecule has 0 aliphatic carbocycles. The average Bonchev–Trinajstić information content (AvgIpc) is 2.83. The molecule has 9 heteroatoms. The molecule has 3 aromatic rings. The van der Waals surface area contributed by atoms with Crippen LogP contribution >= 0.6 is 12.2 Å². The zero-order valence-electron chi connectivity index (χ0n) is 19.9. The molecule has 0 radical (unpaired) electrons. The number of pyridine rings is 1.